The number of fused-ring (bicyclic) bond motifs is 1. The quantitative estimate of drug-likeness (QED) is 0.622. The van der Waals surface area contributed by atoms with Crippen LogP contribution in [0.5, 0.6) is 0 Å². The van der Waals surface area contributed by atoms with E-state index in [1.54, 1.807) is 30.3 Å². The summed E-state index contributed by atoms with van der Waals surface area (Å²) in [7, 11) is -3.38. The normalized spacial score (nSPS) is 15.3. The summed E-state index contributed by atoms with van der Waals surface area (Å²) >= 11 is 1.45. The molecule has 30 heavy (non-hydrogen) atoms. The first-order valence-electron chi connectivity index (χ1n) is 9.47. The zero-order valence-electron chi connectivity index (χ0n) is 16.3. The fraction of sp³-hybridized carbons (Fsp3) is 0.300. The molecule has 10 heteroatoms. The maximum atomic E-state index is 13.9. The van der Waals surface area contributed by atoms with Gasteiger partial charge in [0.05, 0.1) is 16.6 Å². The van der Waals surface area contributed by atoms with E-state index in [-0.39, 0.29) is 17.6 Å². The van der Waals surface area contributed by atoms with Gasteiger partial charge in [0.1, 0.15) is 11.3 Å². The van der Waals surface area contributed by atoms with Gasteiger partial charge < -0.3 is 10.2 Å². The second-order valence-corrected chi connectivity index (χ2v) is 10.0. The molecule has 0 spiro atoms. The van der Waals surface area contributed by atoms with Gasteiger partial charge >= 0.3 is 0 Å². The SMILES string of the molecule is CS(=O)(=O)Nc1cccc(NC(=O)C2CCN(c3nc4c(F)cccc4s3)CC2)c1. The monoisotopic (exact) mass is 448 g/mol. The molecular formula is C20H21FN4O3S2. The van der Waals surface area contributed by atoms with E-state index in [2.05, 4.69) is 19.9 Å². The van der Waals surface area contributed by atoms with E-state index in [1.807, 2.05) is 6.07 Å². The minimum absolute atomic E-state index is 0.0958. The van der Waals surface area contributed by atoms with Crippen LogP contribution in [0.1, 0.15) is 12.8 Å². The summed E-state index contributed by atoms with van der Waals surface area (Å²) in [6.45, 7) is 1.32. The molecule has 4 rings (SSSR count). The maximum Gasteiger partial charge on any atom is 0.229 e. The molecule has 1 fully saturated rings. The van der Waals surface area contributed by atoms with Crippen LogP contribution in [-0.4, -0.2) is 38.7 Å². The Morgan fingerprint density at radius 1 is 1.17 bits per heavy atom. The lowest BCUT2D eigenvalue weighted by Gasteiger charge is -2.31. The largest absolute Gasteiger partial charge is 0.348 e. The summed E-state index contributed by atoms with van der Waals surface area (Å²) in [6.07, 6.45) is 2.39. The summed E-state index contributed by atoms with van der Waals surface area (Å²) in [4.78, 5) is 19.2. The fourth-order valence-electron chi connectivity index (χ4n) is 3.49. The van der Waals surface area contributed by atoms with Gasteiger partial charge in [-0.05, 0) is 43.2 Å². The summed E-state index contributed by atoms with van der Waals surface area (Å²) in [5.41, 5.74) is 1.32. The van der Waals surface area contributed by atoms with Crippen molar-refractivity contribution in [2.75, 3.05) is 34.3 Å². The standard InChI is InChI=1S/C20H21FN4O3S2/c1-30(27,28)24-15-5-2-4-14(12-15)22-19(26)13-8-10-25(11-9-13)20-23-18-16(21)6-3-7-17(18)29-20/h2-7,12-13,24H,8-11H2,1H3,(H,22,26). The number of amides is 1. The Hall–Kier alpha value is -2.72. The molecular weight excluding hydrogens is 427 g/mol. The fourth-order valence-corrected chi connectivity index (χ4v) is 5.08. The smallest absolute Gasteiger partial charge is 0.229 e. The van der Waals surface area contributed by atoms with E-state index in [9.17, 15) is 17.6 Å². The number of para-hydroxylation sites is 1. The molecule has 1 amide bonds. The van der Waals surface area contributed by atoms with E-state index in [1.165, 1.54) is 17.4 Å². The molecule has 1 aliphatic rings. The maximum absolute atomic E-state index is 13.9. The third-order valence-electron chi connectivity index (χ3n) is 4.93. The highest BCUT2D eigenvalue weighted by atomic mass is 32.2. The van der Waals surface area contributed by atoms with Gasteiger partial charge in [0, 0.05) is 24.7 Å². The number of carbonyl (C=O) groups excluding carboxylic acids is 1. The van der Waals surface area contributed by atoms with Crippen LogP contribution in [-0.2, 0) is 14.8 Å². The van der Waals surface area contributed by atoms with Crippen molar-refractivity contribution in [2.45, 2.75) is 12.8 Å². The molecule has 0 atom stereocenters. The molecule has 1 saturated heterocycles. The minimum Gasteiger partial charge on any atom is -0.348 e. The van der Waals surface area contributed by atoms with E-state index in [0.717, 1.165) is 16.1 Å². The number of hydrogen-bond donors (Lipinski definition) is 2. The topological polar surface area (TPSA) is 91.4 Å². The lowest BCUT2D eigenvalue weighted by atomic mass is 9.96. The highest BCUT2D eigenvalue weighted by Gasteiger charge is 2.27. The number of thiazole rings is 1. The Morgan fingerprint density at radius 2 is 1.87 bits per heavy atom. The van der Waals surface area contributed by atoms with Gasteiger partial charge in [0.25, 0.3) is 0 Å². The number of rotatable bonds is 5. The van der Waals surface area contributed by atoms with Crippen molar-refractivity contribution in [3.8, 4) is 0 Å². The number of sulfonamides is 1. The zero-order valence-corrected chi connectivity index (χ0v) is 17.9. The number of halogens is 1. The molecule has 7 nitrogen and oxygen atoms in total. The van der Waals surface area contributed by atoms with Gasteiger partial charge in [-0.2, -0.15) is 0 Å². The van der Waals surface area contributed by atoms with Crippen LogP contribution in [0, 0.1) is 11.7 Å². The van der Waals surface area contributed by atoms with Gasteiger partial charge in [0.15, 0.2) is 5.13 Å². The summed E-state index contributed by atoms with van der Waals surface area (Å²) < 4.78 is 39.9. The van der Waals surface area contributed by atoms with E-state index >= 15 is 0 Å². The van der Waals surface area contributed by atoms with Crippen molar-refractivity contribution < 1.29 is 17.6 Å². The zero-order chi connectivity index (χ0) is 21.3. The Labute approximate surface area is 178 Å². The first kappa shape index (κ1) is 20.5. The highest BCUT2D eigenvalue weighted by molar-refractivity contribution is 7.92. The van der Waals surface area contributed by atoms with E-state index in [4.69, 9.17) is 0 Å². The second-order valence-electron chi connectivity index (χ2n) is 7.29. The van der Waals surface area contributed by atoms with Crippen molar-refractivity contribution in [1.29, 1.82) is 0 Å². The predicted molar refractivity (Wildman–Crippen MR) is 118 cm³/mol. The molecule has 2 heterocycles. The Balaban J connectivity index is 1.37. The van der Waals surface area contributed by atoms with Crippen molar-refractivity contribution in [3.05, 3.63) is 48.3 Å². The summed E-state index contributed by atoms with van der Waals surface area (Å²) in [5.74, 6) is -0.572. The number of piperidine rings is 1. The average molecular weight is 449 g/mol. The second kappa shape index (κ2) is 8.19. The number of nitrogens with zero attached hydrogens (tertiary/aromatic N) is 2. The Kier molecular flexibility index (Phi) is 5.61. The molecule has 1 aromatic heterocycles. The number of benzene rings is 2. The van der Waals surface area contributed by atoms with Crippen LogP contribution >= 0.6 is 11.3 Å². The number of anilines is 3. The van der Waals surface area contributed by atoms with Crippen molar-refractivity contribution in [2.24, 2.45) is 5.92 Å². The molecule has 1 aliphatic heterocycles. The van der Waals surface area contributed by atoms with Gasteiger partial charge in [-0.25, -0.2) is 17.8 Å². The molecule has 3 aromatic rings. The minimum atomic E-state index is -3.38. The van der Waals surface area contributed by atoms with Crippen LogP contribution in [0.15, 0.2) is 42.5 Å². The summed E-state index contributed by atoms with van der Waals surface area (Å²) in [5, 5.41) is 3.64. The average Bonchev–Trinajstić information content (AvgIpc) is 3.13. The van der Waals surface area contributed by atoms with Gasteiger partial charge in [-0.15, -0.1) is 0 Å². The lowest BCUT2D eigenvalue weighted by Crippen LogP contribution is -2.38. The molecule has 158 valence electrons. The van der Waals surface area contributed by atoms with Crippen LogP contribution in [0.3, 0.4) is 0 Å². The van der Waals surface area contributed by atoms with E-state index in [0.29, 0.717) is 42.8 Å². The molecule has 0 unspecified atom stereocenters. The molecule has 0 radical (unpaired) electrons. The van der Waals surface area contributed by atoms with Crippen LogP contribution < -0.4 is 14.9 Å². The third-order valence-corrected chi connectivity index (χ3v) is 6.62. The van der Waals surface area contributed by atoms with Crippen molar-refractivity contribution in [1.82, 2.24) is 4.98 Å². The van der Waals surface area contributed by atoms with Gasteiger partial charge in [-0.3, -0.25) is 9.52 Å². The highest BCUT2D eigenvalue weighted by Crippen LogP contribution is 2.32. The van der Waals surface area contributed by atoms with Gasteiger partial charge in [-0.1, -0.05) is 23.5 Å². The summed E-state index contributed by atoms with van der Waals surface area (Å²) in [6, 6.07) is 11.5. The van der Waals surface area contributed by atoms with Gasteiger partial charge in [0.2, 0.25) is 15.9 Å². The number of aromatic nitrogens is 1. The molecule has 2 aromatic carbocycles. The van der Waals surface area contributed by atoms with Crippen LogP contribution in [0.2, 0.25) is 0 Å². The first-order valence-corrected chi connectivity index (χ1v) is 12.2. The predicted octanol–water partition coefficient (Wildman–Crippen LogP) is 3.66. The number of hydrogen-bond acceptors (Lipinski definition) is 6. The number of carbonyl (C=O) groups is 1. The first-order chi connectivity index (χ1) is 14.3. The molecule has 0 aliphatic carbocycles. The Bertz CT molecular complexity index is 1190. The van der Waals surface area contributed by atoms with Crippen LogP contribution in [0.4, 0.5) is 20.9 Å². The lowest BCUT2D eigenvalue weighted by molar-refractivity contribution is -0.120. The molecule has 0 bridgehead atoms. The number of nitrogens with one attached hydrogen (secondary N) is 2. The third kappa shape index (κ3) is 4.71. The molecule has 2 N–H and O–H groups in total. The van der Waals surface area contributed by atoms with Crippen molar-refractivity contribution in [3.63, 3.8) is 0 Å². The molecule has 0 saturated carbocycles. The van der Waals surface area contributed by atoms with Crippen molar-refractivity contribution >= 4 is 54.0 Å². The Morgan fingerprint density at radius 3 is 2.57 bits per heavy atom. The van der Waals surface area contributed by atoms with Crippen LogP contribution in [0.25, 0.3) is 10.2 Å². The van der Waals surface area contributed by atoms with E-state index < -0.39 is 10.0 Å².